The van der Waals surface area contributed by atoms with Crippen molar-refractivity contribution >= 4 is 27.3 Å². The summed E-state index contributed by atoms with van der Waals surface area (Å²) in [4.78, 5) is 0. The molecule has 1 heterocycles. The zero-order chi connectivity index (χ0) is 15.3. The lowest BCUT2D eigenvalue weighted by molar-refractivity contribution is 0.275. The monoisotopic (exact) mass is 330 g/mol. The molecule has 0 spiro atoms. The summed E-state index contributed by atoms with van der Waals surface area (Å²) < 4.78 is 27.1. The lowest BCUT2D eigenvalue weighted by Gasteiger charge is -2.28. The first-order valence-corrected chi connectivity index (χ1v) is 9.44. The van der Waals surface area contributed by atoms with Gasteiger partial charge in [0.15, 0.2) is 5.96 Å². The van der Waals surface area contributed by atoms with Crippen molar-refractivity contribution in [3.8, 4) is 0 Å². The number of thiophene rings is 1. The SMILES string of the molecule is N=C(N)NC[C@H]1CC[C@H](CNS(=O)(=O)c2cccs2)CC1. The molecule has 0 aliphatic heterocycles. The van der Waals surface area contributed by atoms with Gasteiger partial charge in [-0.3, -0.25) is 5.41 Å². The van der Waals surface area contributed by atoms with E-state index >= 15 is 0 Å². The Balaban J connectivity index is 1.73. The molecule has 118 valence electrons. The van der Waals surface area contributed by atoms with Crippen molar-refractivity contribution in [1.29, 1.82) is 5.41 Å². The molecule has 0 amide bonds. The third-order valence-corrected chi connectivity index (χ3v) is 6.69. The molecule has 0 aromatic carbocycles. The quantitative estimate of drug-likeness (QED) is 0.466. The van der Waals surface area contributed by atoms with Gasteiger partial charge in [0.2, 0.25) is 10.0 Å². The van der Waals surface area contributed by atoms with Crippen LogP contribution in [0.2, 0.25) is 0 Å². The number of nitrogens with one attached hydrogen (secondary N) is 3. The van der Waals surface area contributed by atoms with Crippen LogP contribution in [0.15, 0.2) is 21.7 Å². The lowest BCUT2D eigenvalue weighted by Crippen LogP contribution is -2.37. The van der Waals surface area contributed by atoms with Crippen LogP contribution in [0.5, 0.6) is 0 Å². The maximum absolute atomic E-state index is 12.0. The summed E-state index contributed by atoms with van der Waals surface area (Å²) in [5, 5.41) is 11.8. The second kappa shape index (κ2) is 7.24. The number of sulfonamides is 1. The number of hydrogen-bond acceptors (Lipinski definition) is 4. The van der Waals surface area contributed by atoms with Gasteiger partial charge in [0, 0.05) is 13.1 Å². The van der Waals surface area contributed by atoms with Crippen LogP contribution in [0.25, 0.3) is 0 Å². The standard InChI is InChI=1S/C13H22N4O2S2/c14-13(15)16-8-10-3-5-11(6-4-10)9-17-21(18,19)12-2-1-7-20-12/h1-2,7,10-11,17H,3-6,8-9H2,(H4,14,15,16)/t10-,11-. The van der Waals surface area contributed by atoms with Crippen LogP contribution >= 0.6 is 11.3 Å². The molecule has 5 N–H and O–H groups in total. The molecule has 0 saturated heterocycles. The molecular weight excluding hydrogens is 308 g/mol. The van der Waals surface area contributed by atoms with E-state index in [9.17, 15) is 8.42 Å². The predicted molar refractivity (Wildman–Crippen MR) is 84.9 cm³/mol. The van der Waals surface area contributed by atoms with Crippen LogP contribution in [-0.4, -0.2) is 27.5 Å². The van der Waals surface area contributed by atoms with Crippen molar-refractivity contribution in [2.45, 2.75) is 29.9 Å². The summed E-state index contributed by atoms with van der Waals surface area (Å²) in [6.45, 7) is 1.25. The van der Waals surface area contributed by atoms with Gasteiger partial charge in [-0.05, 0) is 49.0 Å². The lowest BCUT2D eigenvalue weighted by atomic mass is 9.82. The Morgan fingerprint density at radius 3 is 2.43 bits per heavy atom. The Hall–Kier alpha value is -1.12. The number of guanidine groups is 1. The molecule has 21 heavy (non-hydrogen) atoms. The van der Waals surface area contributed by atoms with E-state index < -0.39 is 10.0 Å². The summed E-state index contributed by atoms with van der Waals surface area (Å²) in [5.41, 5.74) is 5.28. The van der Waals surface area contributed by atoms with E-state index in [1.165, 1.54) is 11.3 Å². The first-order valence-electron chi connectivity index (χ1n) is 7.08. The fraction of sp³-hybridized carbons (Fsp3) is 0.615. The van der Waals surface area contributed by atoms with Crippen molar-refractivity contribution in [3.63, 3.8) is 0 Å². The molecule has 2 rings (SSSR count). The molecule has 0 radical (unpaired) electrons. The Kier molecular flexibility index (Phi) is 5.60. The molecule has 1 aliphatic carbocycles. The highest BCUT2D eigenvalue weighted by Gasteiger charge is 2.23. The summed E-state index contributed by atoms with van der Waals surface area (Å²) in [6, 6.07) is 3.36. The molecule has 1 aliphatic rings. The summed E-state index contributed by atoms with van der Waals surface area (Å²) in [7, 11) is -3.34. The molecule has 1 saturated carbocycles. The first-order chi connectivity index (χ1) is 9.97. The van der Waals surface area contributed by atoms with Gasteiger partial charge in [-0.25, -0.2) is 13.1 Å². The van der Waals surface area contributed by atoms with Crippen LogP contribution < -0.4 is 15.8 Å². The number of hydrogen-bond donors (Lipinski definition) is 4. The van der Waals surface area contributed by atoms with Crippen LogP contribution in [0.1, 0.15) is 25.7 Å². The maximum atomic E-state index is 12.0. The van der Waals surface area contributed by atoms with E-state index in [4.69, 9.17) is 11.1 Å². The molecule has 0 unspecified atom stereocenters. The molecular formula is C13H22N4O2S2. The molecule has 1 fully saturated rings. The normalized spacial score (nSPS) is 22.9. The fourth-order valence-corrected chi connectivity index (χ4v) is 4.76. The van der Waals surface area contributed by atoms with Crippen LogP contribution in [0.4, 0.5) is 0 Å². The maximum Gasteiger partial charge on any atom is 0.250 e. The highest BCUT2D eigenvalue weighted by molar-refractivity contribution is 7.91. The Bertz CT molecular complexity index is 549. The second-order valence-electron chi connectivity index (χ2n) is 5.47. The van der Waals surface area contributed by atoms with Crippen molar-refractivity contribution in [2.24, 2.45) is 17.6 Å². The average Bonchev–Trinajstić information content (AvgIpc) is 2.99. The van der Waals surface area contributed by atoms with Crippen molar-refractivity contribution in [2.75, 3.05) is 13.1 Å². The minimum Gasteiger partial charge on any atom is -0.370 e. The van der Waals surface area contributed by atoms with E-state index in [-0.39, 0.29) is 5.96 Å². The summed E-state index contributed by atoms with van der Waals surface area (Å²) in [6.07, 6.45) is 4.12. The van der Waals surface area contributed by atoms with E-state index in [1.807, 2.05) is 0 Å². The minimum absolute atomic E-state index is 0.0147. The summed E-state index contributed by atoms with van der Waals surface area (Å²) in [5.74, 6) is 0.938. The van der Waals surface area contributed by atoms with E-state index in [1.54, 1.807) is 17.5 Å². The van der Waals surface area contributed by atoms with Gasteiger partial charge >= 0.3 is 0 Å². The van der Waals surface area contributed by atoms with E-state index in [2.05, 4.69) is 10.0 Å². The largest absolute Gasteiger partial charge is 0.370 e. The van der Waals surface area contributed by atoms with Crippen molar-refractivity contribution in [1.82, 2.24) is 10.0 Å². The smallest absolute Gasteiger partial charge is 0.250 e. The third kappa shape index (κ3) is 4.98. The van der Waals surface area contributed by atoms with Gasteiger partial charge in [-0.1, -0.05) is 6.07 Å². The van der Waals surface area contributed by atoms with Gasteiger partial charge in [0.25, 0.3) is 0 Å². The molecule has 1 aromatic heterocycles. The topological polar surface area (TPSA) is 108 Å². The third-order valence-electron chi connectivity index (χ3n) is 3.87. The molecule has 8 heteroatoms. The van der Waals surface area contributed by atoms with Crippen molar-refractivity contribution < 1.29 is 8.42 Å². The fourth-order valence-electron chi connectivity index (χ4n) is 2.61. The molecule has 1 aromatic rings. The molecule has 6 nitrogen and oxygen atoms in total. The minimum atomic E-state index is -3.34. The van der Waals surface area contributed by atoms with Crippen molar-refractivity contribution in [3.05, 3.63) is 17.5 Å². The number of rotatable bonds is 6. The van der Waals surface area contributed by atoms with E-state index in [0.717, 1.165) is 32.2 Å². The van der Waals surface area contributed by atoms with Gasteiger partial charge in [0.05, 0.1) is 0 Å². The zero-order valence-electron chi connectivity index (χ0n) is 11.8. The van der Waals surface area contributed by atoms with Gasteiger partial charge < -0.3 is 11.1 Å². The van der Waals surface area contributed by atoms with Crippen LogP contribution in [0, 0.1) is 17.2 Å². The zero-order valence-corrected chi connectivity index (χ0v) is 13.5. The second-order valence-corrected chi connectivity index (χ2v) is 8.41. The summed E-state index contributed by atoms with van der Waals surface area (Å²) >= 11 is 1.24. The molecule has 0 atom stereocenters. The Morgan fingerprint density at radius 2 is 1.90 bits per heavy atom. The predicted octanol–water partition coefficient (Wildman–Crippen LogP) is 1.32. The highest BCUT2D eigenvalue weighted by atomic mass is 32.2. The van der Waals surface area contributed by atoms with Gasteiger partial charge in [-0.2, -0.15) is 0 Å². The van der Waals surface area contributed by atoms with Gasteiger partial charge in [-0.15, -0.1) is 11.3 Å². The van der Waals surface area contributed by atoms with Crippen LogP contribution in [0.3, 0.4) is 0 Å². The van der Waals surface area contributed by atoms with Gasteiger partial charge in [0.1, 0.15) is 4.21 Å². The highest BCUT2D eigenvalue weighted by Crippen LogP contribution is 2.28. The van der Waals surface area contributed by atoms with E-state index in [0.29, 0.717) is 22.6 Å². The molecule has 0 bridgehead atoms. The van der Waals surface area contributed by atoms with Crippen LogP contribution in [-0.2, 0) is 10.0 Å². The average molecular weight is 330 g/mol. The first kappa shape index (κ1) is 16.3. The Morgan fingerprint density at radius 1 is 1.29 bits per heavy atom. The Labute approximate surface area is 129 Å². The number of nitrogens with two attached hydrogens (primary N) is 1.